The standard InChI is InChI=1S/C3BrO2/c4-1-2-6-3-5. The van der Waals surface area contributed by atoms with E-state index in [2.05, 4.69) is 25.5 Å². The van der Waals surface area contributed by atoms with Crippen LogP contribution in [0.5, 0.6) is 0 Å². The highest BCUT2D eigenvalue weighted by molar-refractivity contribution is 9.12. The van der Waals surface area contributed by atoms with Crippen LogP contribution in [-0.4, -0.2) is 6.47 Å². The smallest absolute Gasteiger partial charge is 0.363 e. The summed E-state index contributed by atoms with van der Waals surface area (Å²) in [6.45, 7) is 1.12. The molecule has 0 aliphatic rings. The SMILES string of the molecule is O=[C]OC#CBr. The number of hydrogen-bond donors (Lipinski definition) is 0. The van der Waals surface area contributed by atoms with E-state index < -0.39 is 0 Å². The molecule has 0 bridgehead atoms. The lowest BCUT2D eigenvalue weighted by Crippen LogP contribution is -1.69. The van der Waals surface area contributed by atoms with Crippen molar-refractivity contribution in [2.75, 3.05) is 0 Å². The zero-order valence-corrected chi connectivity index (χ0v) is 4.28. The highest BCUT2D eigenvalue weighted by Gasteiger charge is 1.62. The van der Waals surface area contributed by atoms with Gasteiger partial charge in [0.15, 0.2) is 0 Å². The Hall–Kier alpha value is -0.490. The Morgan fingerprint density at radius 1 is 1.67 bits per heavy atom. The quantitative estimate of drug-likeness (QED) is 0.502. The van der Waals surface area contributed by atoms with Crippen LogP contribution in [0.3, 0.4) is 0 Å². The van der Waals surface area contributed by atoms with Crippen LogP contribution in [0.2, 0.25) is 0 Å². The van der Waals surface area contributed by atoms with Gasteiger partial charge in [-0.1, -0.05) is 0 Å². The third-order valence-corrected chi connectivity index (χ3v) is 0.293. The van der Waals surface area contributed by atoms with Crippen molar-refractivity contribution in [1.82, 2.24) is 0 Å². The molecular formula is C3BrO2. The Balaban J connectivity index is 3.00. The fraction of sp³-hybridized carbons (Fsp3) is 0. The summed E-state index contributed by atoms with van der Waals surface area (Å²) in [5.74, 6) is 0. The molecule has 0 heterocycles. The van der Waals surface area contributed by atoms with Crippen LogP contribution < -0.4 is 0 Å². The molecule has 1 radical (unpaired) electrons. The topological polar surface area (TPSA) is 26.3 Å². The van der Waals surface area contributed by atoms with Gasteiger partial charge >= 0.3 is 6.47 Å². The summed E-state index contributed by atoms with van der Waals surface area (Å²) >= 11 is 2.69. The van der Waals surface area contributed by atoms with E-state index in [0.717, 1.165) is 6.47 Å². The first-order chi connectivity index (χ1) is 2.91. The van der Waals surface area contributed by atoms with Crippen molar-refractivity contribution in [1.29, 1.82) is 0 Å². The zero-order chi connectivity index (χ0) is 4.83. The van der Waals surface area contributed by atoms with Gasteiger partial charge in [-0.3, -0.25) is 0 Å². The number of halogens is 1. The predicted molar refractivity (Wildman–Crippen MR) is 23.5 cm³/mol. The third-order valence-electron chi connectivity index (χ3n) is 0.131. The van der Waals surface area contributed by atoms with Crippen LogP contribution in [0, 0.1) is 10.9 Å². The van der Waals surface area contributed by atoms with Crippen molar-refractivity contribution < 1.29 is 9.53 Å². The molecule has 0 aliphatic carbocycles. The molecule has 0 N–H and O–H groups in total. The number of ether oxygens (including phenoxy) is 1. The monoisotopic (exact) mass is 147 g/mol. The molecule has 3 heteroatoms. The number of carbonyl (C=O) groups excluding carboxylic acids is 1. The lowest BCUT2D eigenvalue weighted by atomic mass is 11.3. The molecule has 31 valence electrons. The summed E-state index contributed by atoms with van der Waals surface area (Å²) in [6.07, 6.45) is 1.94. The largest absolute Gasteiger partial charge is 0.432 e. The number of rotatable bonds is 1. The van der Waals surface area contributed by atoms with Gasteiger partial charge < -0.3 is 4.74 Å². The number of hydrogen-bond acceptors (Lipinski definition) is 2. The van der Waals surface area contributed by atoms with E-state index in [1.807, 2.05) is 6.11 Å². The van der Waals surface area contributed by atoms with Crippen molar-refractivity contribution >= 4 is 22.4 Å². The van der Waals surface area contributed by atoms with Crippen LogP contribution in [0.15, 0.2) is 0 Å². The minimum Gasteiger partial charge on any atom is -0.363 e. The van der Waals surface area contributed by atoms with Gasteiger partial charge in [-0.2, -0.15) is 0 Å². The Labute approximate surface area is 43.6 Å². The Bertz CT molecular complexity index is 88.7. The highest BCUT2D eigenvalue weighted by Crippen LogP contribution is 1.66. The summed E-state index contributed by atoms with van der Waals surface area (Å²) in [7, 11) is 0. The van der Waals surface area contributed by atoms with E-state index in [0.29, 0.717) is 0 Å². The highest BCUT2D eigenvalue weighted by atomic mass is 79.9. The first-order valence-corrected chi connectivity index (χ1v) is 1.84. The van der Waals surface area contributed by atoms with Crippen molar-refractivity contribution in [3.63, 3.8) is 0 Å². The average molecular weight is 148 g/mol. The van der Waals surface area contributed by atoms with E-state index in [9.17, 15) is 0 Å². The summed E-state index contributed by atoms with van der Waals surface area (Å²) < 4.78 is 3.77. The minimum atomic E-state index is 1.12. The van der Waals surface area contributed by atoms with Gasteiger partial charge in [0.25, 0.3) is 0 Å². The second-order valence-corrected chi connectivity index (χ2v) is 0.778. The van der Waals surface area contributed by atoms with Crippen LogP contribution in [0.4, 0.5) is 0 Å². The van der Waals surface area contributed by atoms with Gasteiger partial charge in [0, 0.05) is 20.8 Å². The Morgan fingerprint density at radius 2 is 2.33 bits per heavy atom. The van der Waals surface area contributed by atoms with E-state index in [-0.39, 0.29) is 0 Å². The summed E-state index contributed by atoms with van der Waals surface area (Å²) in [5, 5.41) is 0. The molecule has 0 rings (SSSR count). The molecular weight excluding hydrogens is 148 g/mol. The van der Waals surface area contributed by atoms with E-state index in [1.165, 1.54) is 0 Å². The van der Waals surface area contributed by atoms with E-state index >= 15 is 0 Å². The fourth-order valence-corrected chi connectivity index (χ4v) is 0.121. The normalized spacial score (nSPS) is 4.83. The molecule has 0 fully saturated rings. The molecule has 0 aliphatic heterocycles. The average Bonchev–Trinajstić information content (AvgIpc) is 1.61. The summed E-state index contributed by atoms with van der Waals surface area (Å²) in [6, 6.07) is 0. The molecule has 0 aromatic heterocycles. The van der Waals surface area contributed by atoms with Gasteiger partial charge in [0.1, 0.15) is 6.11 Å². The maximum atomic E-state index is 9.09. The first-order valence-electron chi connectivity index (χ1n) is 1.05. The third kappa shape index (κ3) is 3.51. The van der Waals surface area contributed by atoms with E-state index in [1.54, 1.807) is 0 Å². The van der Waals surface area contributed by atoms with Crippen molar-refractivity contribution in [3.8, 4) is 10.9 Å². The summed E-state index contributed by atoms with van der Waals surface area (Å²) in [4.78, 5) is 11.2. The van der Waals surface area contributed by atoms with Crippen molar-refractivity contribution in [2.24, 2.45) is 0 Å². The molecule has 0 saturated heterocycles. The van der Waals surface area contributed by atoms with Gasteiger partial charge in [-0.15, -0.1) is 0 Å². The van der Waals surface area contributed by atoms with Crippen LogP contribution >= 0.6 is 15.9 Å². The molecule has 0 spiro atoms. The van der Waals surface area contributed by atoms with Crippen LogP contribution in [-0.2, 0) is 9.53 Å². The zero-order valence-electron chi connectivity index (χ0n) is 2.69. The molecule has 0 unspecified atom stereocenters. The molecule has 0 aromatic carbocycles. The molecule has 2 nitrogen and oxygen atoms in total. The maximum absolute atomic E-state index is 9.09. The van der Waals surface area contributed by atoms with Gasteiger partial charge in [-0.05, 0) is 0 Å². The molecule has 0 atom stereocenters. The molecule has 0 saturated carbocycles. The van der Waals surface area contributed by atoms with Crippen LogP contribution in [0.25, 0.3) is 0 Å². The molecule has 0 aromatic rings. The minimum absolute atomic E-state index is 1.12. The molecule has 6 heavy (non-hydrogen) atoms. The van der Waals surface area contributed by atoms with Crippen LogP contribution in [0.1, 0.15) is 0 Å². The lowest BCUT2D eigenvalue weighted by molar-refractivity contribution is 0.420. The lowest BCUT2D eigenvalue weighted by Gasteiger charge is -1.64. The van der Waals surface area contributed by atoms with Crippen molar-refractivity contribution in [3.05, 3.63) is 0 Å². The predicted octanol–water partition coefficient (Wildman–Crippen LogP) is 0.383. The van der Waals surface area contributed by atoms with E-state index in [4.69, 9.17) is 4.79 Å². The summed E-state index contributed by atoms with van der Waals surface area (Å²) in [5.41, 5.74) is 0. The maximum Gasteiger partial charge on any atom is 0.432 e. The fourth-order valence-electron chi connectivity index (χ4n) is 0.0401. The van der Waals surface area contributed by atoms with Gasteiger partial charge in [0.05, 0.1) is 0 Å². The Kier molecular flexibility index (Phi) is 4.14. The van der Waals surface area contributed by atoms with Gasteiger partial charge in [0.2, 0.25) is 0 Å². The Morgan fingerprint density at radius 3 is 2.50 bits per heavy atom. The second-order valence-electron chi connectivity index (χ2n) is 0.382. The second kappa shape index (κ2) is 4.51. The van der Waals surface area contributed by atoms with Gasteiger partial charge in [-0.25, -0.2) is 4.79 Å². The first kappa shape index (κ1) is 5.51. The molecule has 0 amide bonds. The van der Waals surface area contributed by atoms with Crippen molar-refractivity contribution in [2.45, 2.75) is 0 Å².